The Hall–Kier alpha value is -1.34. The molecule has 1 aliphatic rings. The van der Waals surface area contributed by atoms with E-state index in [4.69, 9.17) is 34.8 Å². The lowest BCUT2D eigenvalue weighted by atomic mass is 10.2. The lowest BCUT2D eigenvalue weighted by molar-refractivity contribution is -0.121. The van der Waals surface area contributed by atoms with Gasteiger partial charge in [-0.25, -0.2) is 13.4 Å². The molecule has 1 amide bonds. The van der Waals surface area contributed by atoms with Crippen molar-refractivity contribution in [3.63, 3.8) is 0 Å². The molecule has 0 radical (unpaired) electrons. The number of alkyl halides is 3. The number of sulfone groups is 1. The first-order chi connectivity index (χ1) is 12.1. The maximum atomic E-state index is 12.8. The summed E-state index contributed by atoms with van der Waals surface area (Å²) in [6.07, 6.45) is 1.21. The quantitative estimate of drug-likeness (QED) is 0.749. The normalized spacial score (nSPS) is 17.0. The van der Waals surface area contributed by atoms with Gasteiger partial charge in [0.25, 0.3) is 9.70 Å². The molecule has 1 aromatic heterocycles. The number of amides is 1. The van der Waals surface area contributed by atoms with E-state index in [2.05, 4.69) is 10.3 Å². The number of carbonyl (C=O) groups excluding carboxylic acids is 1. The second-order valence-corrected chi connectivity index (χ2v) is 10.3. The summed E-state index contributed by atoms with van der Waals surface area (Å²) in [4.78, 5) is 16.4. The summed E-state index contributed by atoms with van der Waals surface area (Å²) in [5.74, 6) is -0.769. The SMILES string of the molecule is Cc1ccc(S(=O)(=O)c2ccc3c(n2)C(NC(=O)C(Cl)(Cl)Cl)CC3)cc1. The summed E-state index contributed by atoms with van der Waals surface area (Å²) >= 11 is 16.8. The maximum Gasteiger partial charge on any atom is 0.272 e. The predicted molar refractivity (Wildman–Crippen MR) is 100 cm³/mol. The molecule has 0 saturated heterocycles. The first kappa shape index (κ1) is 19.4. The highest BCUT2D eigenvalue weighted by atomic mass is 35.6. The highest BCUT2D eigenvalue weighted by Gasteiger charge is 2.35. The summed E-state index contributed by atoms with van der Waals surface area (Å²) in [6.45, 7) is 1.88. The van der Waals surface area contributed by atoms with Crippen LogP contribution >= 0.6 is 34.8 Å². The van der Waals surface area contributed by atoms with Gasteiger partial charge >= 0.3 is 0 Å². The van der Waals surface area contributed by atoms with Crippen LogP contribution in [0, 0.1) is 6.92 Å². The number of nitrogens with one attached hydrogen (secondary N) is 1. The zero-order chi connectivity index (χ0) is 19.1. The smallest absolute Gasteiger partial charge is 0.272 e. The average Bonchev–Trinajstić information content (AvgIpc) is 2.96. The summed E-state index contributed by atoms with van der Waals surface area (Å²) in [6, 6.07) is 9.23. The van der Waals surface area contributed by atoms with Crippen molar-refractivity contribution in [1.29, 1.82) is 0 Å². The Morgan fingerprint density at radius 1 is 1.15 bits per heavy atom. The van der Waals surface area contributed by atoms with Gasteiger partial charge in [0.05, 0.1) is 16.6 Å². The molecule has 138 valence electrons. The van der Waals surface area contributed by atoms with Gasteiger partial charge in [-0.2, -0.15) is 0 Å². The molecule has 1 aromatic carbocycles. The van der Waals surface area contributed by atoms with Crippen LogP contribution in [0.5, 0.6) is 0 Å². The van der Waals surface area contributed by atoms with Crippen molar-refractivity contribution in [2.75, 3.05) is 0 Å². The summed E-state index contributed by atoms with van der Waals surface area (Å²) in [5.41, 5.74) is 2.31. The largest absolute Gasteiger partial charge is 0.344 e. The first-order valence-electron chi connectivity index (χ1n) is 7.78. The van der Waals surface area contributed by atoms with E-state index < -0.39 is 25.6 Å². The molecular weight excluding hydrogens is 419 g/mol. The standard InChI is InChI=1S/C17H15Cl3N2O3S/c1-10-2-6-12(7-3-10)26(24,25)14-9-5-11-4-8-13(15(11)22-14)21-16(23)17(18,19)20/h2-3,5-7,9,13H,4,8H2,1H3,(H,21,23). The number of carbonyl (C=O) groups is 1. The van der Waals surface area contributed by atoms with Gasteiger partial charge in [0.15, 0.2) is 5.03 Å². The Kier molecular flexibility index (Phi) is 5.23. The van der Waals surface area contributed by atoms with E-state index in [0.717, 1.165) is 11.1 Å². The minimum atomic E-state index is -3.76. The summed E-state index contributed by atoms with van der Waals surface area (Å²) in [5, 5.41) is 2.53. The molecule has 2 aromatic rings. The van der Waals surface area contributed by atoms with Crippen molar-refractivity contribution >= 4 is 50.5 Å². The van der Waals surface area contributed by atoms with Crippen molar-refractivity contribution in [1.82, 2.24) is 10.3 Å². The van der Waals surface area contributed by atoms with Crippen LogP contribution in [0.15, 0.2) is 46.3 Å². The number of benzene rings is 1. The Morgan fingerprint density at radius 3 is 2.42 bits per heavy atom. The third kappa shape index (κ3) is 3.83. The second-order valence-electron chi connectivity index (χ2n) is 6.07. The van der Waals surface area contributed by atoms with Crippen LogP contribution in [-0.4, -0.2) is 23.1 Å². The van der Waals surface area contributed by atoms with Crippen molar-refractivity contribution in [3.05, 3.63) is 53.2 Å². The number of aromatic nitrogens is 1. The van der Waals surface area contributed by atoms with Gasteiger partial charge < -0.3 is 5.32 Å². The molecule has 3 rings (SSSR count). The number of rotatable bonds is 3. The molecule has 0 spiro atoms. The van der Waals surface area contributed by atoms with Crippen molar-refractivity contribution < 1.29 is 13.2 Å². The van der Waals surface area contributed by atoms with Crippen LogP contribution in [0.4, 0.5) is 0 Å². The van der Waals surface area contributed by atoms with E-state index in [1.165, 1.54) is 6.07 Å². The van der Waals surface area contributed by atoms with Crippen LogP contribution < -0.4 is 5.32 Å². The molecule has 1 atom stereocenters. The monoisotopic (exact) mass is 432 g/mol. The van der Waals surface area contributed by atoms with E-state index in [-0.39, 0.29) is 9.92 Å². The minimum Gasteiger partial charge on any atom is -0.344 e. The van der Waals surface area contributed by atoms with Crippen molar-refractivity contribution in [2.45, 2.75) is 39.5 Å². The van der Waals surface area contributed by atoms with Gasteiger partial charge in [0.1, 0.15) is 0 Å². The Labute approximate surface area is 166 Å². The number of nitrogens with zero attached hydrogens (tertiary/aromatic N) is 1. The third-order valence-electron chi connectivity index (χ3n) is 4.19. The summed E-state index contributed by atoms with van der Waals surface area (Å²) in [7, 11) is -3.76. The maximum absolute atomic E-state index is 12.8. The number of fused-ring (bicyclic) bond motifs is 1. The molecular formula is C17H15Cl3N2O3S. The van der Waals surface area contributed by atoms with Crippen LogP contribution in [0.25, 0.3) is 0 Å². The zero-order valence-corrected chi connectivity index (χ0v) is 16.8. The molecule has 1 heterocycles. The van der Waals surface area contributed by atoms with Crippen LogP contribution in [-0.2, 0) is 21.1 Å². The molecule has 1 unspecified atom stereocenters. The first-order valence-corrected chi connectivity index (χ1v) is 10.4. The Bertz CT molecular complexity index is 954. The number of halogens is 3. The van der Waals surface area contributed by atoms with Gasteiger partial charge in [-0.1, -0.05) is 58.6 Å². The van der Waals surface area contributed by atoms with E-state index in [0.29, 0.717) is 18.5 Å². The number of hydrogen-bond donors (Lipinski definition) is 1. The van der Waals surface area contributed by atoms with E-state index in [1.807, 2.05) is 6.92 Å². The highest BCUT2D eigenvalue weighted by Crippen LogP contribution is 2.34. The Balaban J connectivity index is 1.94. The minimum absolute atomic E-state index is 0.0739. The number of pyridine rings is 1. The number of hydrogen-bond acceptors (Lipinski definition) is 4. The number of aryl methyl sites for hydroxylation is 2. The fourth-order valence-corrected chi connectivity index (χ4v) is 4.17. The van der Waals surface area contributed by atoms with Gasteiger partial charge in [0.2, 0.25) is 9.84 Å². The van der Waals surface area contributed by atoms with Crippen molar-refractivity contribution in [2.24, 2.45) is 0 Å². The predicted octanol–water partition coefficient (Wildman–Crippen LogP) is 3.70. The molecule has 0 saturated carbocycles. The van der Waals surface area contributed by atoms with Crippen LogP contribution in [0.3, 0.4) is 0 Å². The lowest BCUT2D eigenvalue weighted by Gasteiger charge is -2.17. The zero-order valence-electron chi connectivity index (χ0n) is 13.7. The van der Waals surface area contributed by atoms with Crippen LogP contribution in [0.1, 0.15) is 29.3 Å². The third-order valence-corrected chi connectivity index (χ3v) is 6.37. The fourth-order valence-electron chi connectivity index (χ4n) is 2.80. The lowest BCUT2D eigenvalue weighted by Crippen LogP contribution is -2.36. The summed E-state index contributed by atoms with van der Waals surface area (Å²) < 4.78 is 23.6. The van der Waals surface area contributed by atoms with Gasteiger partial charge in [0, 0.05) is 0 Å². The molecule has 5 nitrogen and oxygen atoms in total. The molecule has 0 bridgehead atoms. The van der Waals surface area contributed by atoms with Crippen LogP contribution in [0.2, 0.25) is 0 Å². The average molecular weight is 434 g/mol. The topological polar surface area (TPSA) is 76.1 Å². The molecule has 0 fully saturated rings. The second kappa shape index (κ2) is 7.00. The molecule has 1 aliphatic carbocycles. The van der Waals surface area contributed by atoms with Gasteiger partial charge in [-0.15, -0.1) is 0 Å². The fraction of sp³-hybridized carbons (Fsp3) is 0.294. The Morgan fingerprint density at radius 2 is 1.81 bits per heavy atom. The van der Waals surface area contributed by atoms with E-state index in [9.17, 15) is 13.2 Å². The van der Waals surface area contributed by atoms with Gasteiger partial charge in [-0.3, -0.25) is 4.79 Å². The van der Waals surface area contributed by atoms with Crippen molar-refractivity contribution in [3.8, 4) is 0 Å². The van der Waals surface area contributed by atoms with E-state index >= 15 is 0 Å². The molecule has 26 heavy (non-hydrogen) atoms. The van der Waals surface area contributed by atoms with Gasteiger partial charge in [-0.05, 0) is 43.5 Å². The highest BCUT2D eigenvalue weighted by molar-refractivity contribution is 7.91. The molecule has 9 heteroatoms. The molecule has 0 aliphatic heterocycles. The van der Waals surface area contributed by atoms with E-state index in [1.54, 1.807) is 30.3 Å². The molecule has 1 N–H and O–H groups in total.